The minimum atomic E-state index is 0.315. The fourth-order valence-electron chi connectivity index (χ4n) is 0.626. The molecule has 1 saturated heterocycles. The Bertz CT molecular complexity index is 154. The molecule has 0 radical (unpaired) electrons. The average Bonchev–Trinajstić information content (AvgIpc) is 1.61. The van der Waals surface area contributed by atoms with Gasteiger partial charge in [0, 0.05) is 0 Å². The van der Waals surface area contributed by atoms with Gasteiger partial charge in [0.05, 0.1) is 10.7 Å². The predicted octanol–water partition coefficient (Wildman–Crippen LogP) is 1.60. The van der Waals surface area contributed by atoms with E-state index in [9.17, 15) is 4.79 Å². The van der Waals surface area contributed by atoms with Crippen LogP contribution < -0.4 is 0 Å². The lowest BCUT2D eigenvalue weighted by Crippen LogP contribution is -2.15. The highest BCUT2D eigenvalue weighted by molar-refractivity contribution is 8.07. The van der Waals surface area contributed by atoms with Crippen molar-refractivity contribution in [3.05, 3.63) is 10.5 Å². The van der Waals surface area contributed by atoms with Gasteiger partial charge in [-0.15, -0.1) is 11.8 Å². The van der Waals surface area contributed by atoms with E-state index >= 15 is 0 Å². The van der Waals surface area contributed by atoms with Crippen molar-refractivity contribution in [1.82, 2.24) is 0 Å². The van der Waals surface area contributed by atoms with Gasteiger partial charge in [-0.1, -0.05) is 5.57 Å². The number of Topliss-reactive ketones (excluding diaryl/α,β-unsaturated/α-hetero) is 1. The highest BCUT2D eigenvalue weighted by Crippen LogP contribution is 2.30. The van der Waals surface area contributed by atoms with Gasteiger partial charge in [0.2, 0.25) is 0 Å². The van der Waals surface area contributed by atoms with E-state index in [1.807, 2.05) is 13.8 Å². The van der Waals surface area contributed by atoms with Crippen LogP contribution in [0.1, 0.15) is 13.8 Å². The van der Waals surface area contributed by atoms with Crippen LogP contribution in [0.3, 0.4) is 0 Å². The number of hydrogen-bond donors (Lipinski definition) is 0. The average molecular weight is 128 g/mol. The Morgan fingerprint density at radius 1 is 1.62 bits per heavy atom. The van der Waals surface area contributed by atoms with Crippen LogP contribution in [0.5, 0.6) is 0 Å². The van der Waals surface area contributed by atoms with E-state index in [4.69, 9.17) is 0 Å². The Morgan fingerprint density at radius 3 is 2.25 bits per heavy atom. The molecular formula is C6H8OS. The summed E-state index contributed by atoms with van der Waals surface area (Å²) in [6.07, 6.45) is 0. The maximum Gasteiger partial charge on any atom is 0.179 e. The lowest BCUT2D eigenvalue weighted by Gasteiger charge is -2.15. The SMILES string of the molecule is CC(C)=C1SCC1=O. The van der Waals surface area contributed by atoms with Crippen LogP contribution in [0.4, 0.5) is 0 Å². The molecule has 0 unspecified atom stereocenters. The van der Waals surface area contributed by atoms with Gasteiger partial charge in [-0.25, -0.2) is 0 Å². The first-order chi connectivity index (χ1) is 3.72. The first-order valence-corrected chi connectivity index (χ1v) is 3.54. The Balaban J connectivity index is 2.75. The quantitative estimate of drug-likeness (QED) is 0.461. The number of carbonyl (C=O) groups is 1. The zero-order valence-corrected chi connectivity index (χ0v) is 5.84. The Morgan fingerprint density at radius 2 is 2.25 bits per heavy atom. The van der Waals surface area contributed by atoms with Gasteiger partial charge in [-0.2, -0.15) is 0 Å². The monoisotopic (exact) mass is 128 g/mol. The van der Waals surface area contributed by atoms with E-state index in [0.29, 0.717) is 11.5 Å². The first-order valence-electron chi connectivity index (χ1n) is 2.55. The van der Waals surface area contributed by atoms with Crippen molar-refractivity contribution >= 4 is 17.5 Å². The fraction of sp³-hybridized carbons (Fsp3) is 0.500. The fourth-order valence-corrected chi connectivity index (χ4v) is 1.32. The second-order valence-corrected chi connectivity index (χ2v) is 3.03. The molecule has 0 aromatic carbocycles. The van der Waals surface area contributed by atoms with Gasteiger partial charge in [-0.05, 0) is 13.8 Å². The van der Waals surface area contributed by atoms with E-state index in [2.05, 4.69) is 0 Å². The standard InChI is InChI=1S/C6H8OS/c1-4(2)6-5(7)3-8-6/h3H2,1-2H3. The molecule has 1 aliphatic heterocycles. The predicted molar refractivity (Wildman–Crippen MR) is 35.8 cm³/mol. The van der Waals surface area contributed by atoms with Crippen LogP contribution in [0.25, 0.3) is 0 Å². The van der Waals surface area contributed by atoms with Crippen LogP contribution in [0.2, 0.25) is 0 Å². The number of thioether (sulfide) groups is 1. The zero-order chi connectivity index (χ0) is 6.15. The molecule has 1 aliphatic rings. The molecule has 0 spiro atoms. The second kappa shape index (κ2) is 1.94. The normalized spacial score (nSPS) is 18.2. The summed E-state index contributed by atoms with van der Waals surface area (Å²) in [5.74, 6) is 1.01. The van der Waals surface area contributed by atoms with Crippen molar-refractivity contribution in [3.63, 3.8) is 0 Å². The summed E-state index contributed by atoms with van der Waals surface area (Å²) in [7, 11) is 0. The molecule has 0 aromatic heterocycles. The third-order valence-electron chi connectivity index (χ3n) is 1.05. The Labute approximate surface area is 53.2 Å². The van der Waals surface area contributed by atoms with Gasteiger partial charge in [0.15, 0.2) is 5.78 Å². The number of carbonyl (C=O) groups excluding carboxylic acids is 1. The summed E-state index contributed by atoms with van der Waals surface area (Å²) >= 11 is 1.65. The molecule has 0 N–H and O–H groups in total. The van der Waals surface area contributed by atoms with Crippen LogP contribution in [-0.2, 0) is 4.79 Å². The molecule has 0 saturated carbocycles. The minimum Gasteiger partial charge on any atom is -0.293 e. The zero-order valence-electron chi connectivity index (χ0n) is 5.02. The summed E-state index contributed by atoms with van der Waals surface area (Å²) in [4.78, 5) is 11.6. The molecule has 1 heterocycles. The van der Waals surface area contributed by atoms with Crippen molar-refractivity contribution in [2.45, 2.75) is 13.8 Å². The van der Waals surface area contributed by atoms with Crippen molar-refractivity contribution in [2.24, 2.45) is 0 Å². The van der Waals surface area contributed by atoms with Crippen molar-refractivity contribution in [3.8, 4) is 0 Å². The molecule has 0 amide bonds. The van der Waals surface area contributed by atoms with Gasteiger partial charge in [0.1, 0.15) is 0 Å². The van der Waals surface area contributed by atoms with E-state index in [0.717, 1.165) is 10.5 Å². The number of ketones is 1. The Hall–Kier alpha value is -0.240. The largest absolute Gasteiger partial charge is 0.293 e. The highest BCUT2D eigenvalue weighted by Gasteiger charge is 2.21. The van der Waals surface area contributed by atoms with Crippen molar-refractivity contribution in [1.29, 1.82) is 0 Å². The molecule has 1 rings (SSSR count). The molecule has 2 heteroatoms. The van der Waals surface area contributed by atoms with Gasteiger partial charge >= 0.3 is 0 Å². The summed E-state index contributed by atoms with van der Waals surface area (Å²) in [6.45, 7) is 3.94. The van der Waals surface area contributed by atoms with Crippen molar-refractivity contribution < 1.29 is 4.79 Å². The molecule has 0 aliphatic carbocycles. The number of hydrogen-bond acceptors (Lipinski definition) is 2. The maximum absolute atomic E-state index is 10.6. The summed E-state index contributed by atoms with van der Waals surface area (Å²) in [5.41, 5.74) is 1.16. The van der Waals surface area contributed by atoms with Crippen LogP contribution in [-0.4, -0.2) is 11.5 Å². The van der Waals surface area contributed by atoms with Gasteiger partial charge in [0.25, 0.3) is 0 Å². The molecule has 1 fully saturated rings. The molecular weight excluding hydrogens is 120 g/mol. The lowest BCUT2D eigenvalue weighted by molar-refractivity contribution is -0.113. The molecule has 1 nitrogen and oxygen atoms in total. The maximum atomic E-state index is 10.6. The smallest absolute Gasteiger partial charge is 0.179 e. The summed E-state index contributed by atoms with van der Waals surface area (Å²) < 4.78 is 0. The lowest BCUT2D eigenvalue weighted by atomic mass is 10.2. The van der Waals surface area contributed by atoms with E-state index in [1.165, 1.54) is 0 Å². The third kappa shape index (κ3) is 0.802. The second-order valence-electron chi connectivity index (χ2n) is 2.04. The first kappa shape index (κ1) is 5.89. The number of allylic oxidation sites excluding steroid dienone is 2. The summed E-state index contributed by atoms with van der Waals surface area (Å²) in [6, 6.07) is 0. The van der Waals surface area contributed by atoms with Gasteiger partial charge < -0.3 is 0 Å². The summed E-state index contributed by atoms with van der Waals surface area (Å²) in [5, 5.41) is 0. The minimum absolute atomic E-state index is 0.315. The Kier molecular flexibility index (Phi) is 1.43. The van der Waals surface area contributed by atoms with Crippen LogP contribution >= 0.6 is 11.8 Å². The van der Waals surface area contributed by atoms with Crippen LogP contribution in [0, 0.1) is 0 Å². The van der Waals surface area contributed by atoms with E-state index in [1.54, 1.807) is 11.8 Å². The van der Waals surface area contributed by atoms with Gasteiger partial charge in [-0.3, -0.25) is 4.79 Å². The molecule has 0 bridgehead atoms. The van der Waals surface area contributed by atoms with Crippen LogP contribution in [0.15, 0.2) is 10.5 Å². The molecule has 0 aromatic rings. The third-order valence-corrected chi connectivity index (χ3v) is 2.39. The molecule has 44 valence electrons. The molecule has 8 heavy (non-hydrogen) atoms. The topological polar surface area (TPSA) is 17.1 Å². The van der Waals surface area contributed by atoms with Crippen molar-refractivity contribution in [2.75, 3.05) is 5.75 Å². The molecule has 0 atom stereocenters. The van der Waals surface area contributed by atoms with E-state index in [-0.39, 0.29) is 0 Å². The highest BCUT2D eigenvalue weighted by atomic mass is 32.2. The number of rotatable bonds is 0. The van der Waals surface area contributed by atoms with E-state index < -0.39 is 0 Å².